The highest BCUT2D eigenvalue weighted by molar-refractivity contribution is 6.83. The number of carbonyl (C=O) groups excluding carboxylic acids is 1. The topological polar surface area (TPSA) is 41.5 Å². The highest BCUT2D eigenvalue weighted by Gasteiger charge is 2.20. The molecule has 0 bridgehead atoms. The van der Waals surface area contributed by atoms with Crippen LogP contribution in [0.5, 0.6) is 0 Å². The summed E-state index contributed by atoms with van der Waals surface area (Å²) in [6.45, 7) is 6.70. The molecule has 25 heavy (non-hydrogen) atoms. The molecule has 3 rings (SSSR count). The Morgan fingerprint density at radius 2 is 1.88 bits per heavy atom. The van der Waals surface area contributed by atoms with Crippen molar-refractivity contribution in [1.82, 2.24) is 0 Å². The summed E-state index contributed by atoms with van der Waals surface area (Å²) in [4.78, 5) is 16.5. The molecule has 0 aliphatic carbocycles. The van der Waals surface area contributed by atoms with E-state index in [9.17, 15) is 4.79 Å². The second kappa shape index (κ2) is 6.87. The minimum Gasteiger partial charge on any atom is -0.324 e. The molecule has 1 amide bonds. The van der Waals surface area contributed by atoms with E-state index in [2.05, 4.69) is 41.4 Å². The number of aliphatic imine (C=N–C) groups is 1. The Bertz CT molecular complexity index is 933. The van der Waals surface area contributed by atoms with Crippen LogP contribution in [0.4, 0.5) is 5.69 Å². The summed E-state index contributed by atoms with van der Waals surface area (Å²) in [6, 6.07) is 13.3. The zero-order chi connectivity index (χ0) is 18.0. The number of amides is 1. The standard InChI is InChI=1S/C20H19ClN2OSi/c1-25(2,3)11-10-14-8-9-18-16(12-14)20(22-13-19(24)23-18)15-6-4-5-7-17(15)21/h4-9,12H,13H2,1-3H3,(H,23,24). The summed E-state index contributed by atoms with van der Waals surface area (Å²) in [5, 5.41) is 3.52. The number of carbonyl (C=O) groups is 1. The van der Waals surface area contributed by atoms with Gasteiger partial charge < -0.3 is 5.32 Å². The number of nitrogens with zero attached hydrogens (tertiary/aromatic N) is 1. The summed E-state index contributed by atoms with van der Waals surface area (Å²) >= 11 is 6.37. The molecule has 0 radical (unpaired) electrons. The van der Waals surface area contributed by atoms with E-state index in [-0.39, 0.29) is 12.5 Å². The van der Waals surface area contributed by atoms with Crippen LogP contribution < -0.4 is 5.32 Å². The lowest BCUT2D eigenvalue weighted by molar-refractivity contribution is -0.114. The van der Waals surface area contributed by atoms with E-state index in [0.29, 0.717) is 5.02 Å². The number of benzodiazepines with no additional fused rings is 1. The van der Waals surface area contributed by atoms with Gasteiger partial charge in [-0.2, -0.15) is 0 Å². The molecule has 5 heteroatoms. The van der Waals surface area contributed by atoms with Crippen molar-refractivity contribution in [1.29, 1.82) is 0 Å². The Balaban J connectivity index is 2.15. The lowest BCUT2D eigenvalue weighted by Gasteiger charge is -2.12. The van der Waals surface area contributed by atoms with Crippen LogP contribution >= 0.6 is 11.6 Å². The van der Waals surface area contributed by atoms with Crippen LogP contribution in [0.1, 0.15) is 16.7 Å². The summed E-state index contributed by atoms with van der Waals surface area (Å²) in [7, 11) is -1.47. The average Bonchev–Trinajstić information content (AvgIpc) is 2.71. The molecule has 2 aromatic carbocycles. The first kappa shape index (κ1) is 17.5. The lowest BCUT2D eigenvalue weighted by Crippen LogP contribution is -2.16. The number of benzene rings is 2. The van der Waals surface area contributed by atoms with E-state index in [1.54, 1.807) is 0 Å². The summed E-state index contributed by atoms with van der Waals surface area (Å²) < 4.78 is 0. The van der Waals surface area contributed by atoms with Crippen LogP contribution in [0.25, 0.3) is 0 Å². The molecular formula is C20H19ClN2OSi. The van der Waals surface area contributed by atoms with Gasteiger partial charge in [-0.25, -0.2) is 0 Å². The Labute approximate surface area is 154 Å². The predicted molar refractivity (Wildman–Crippen MR) is 107 cm³/mol. The van der Waals surface area contributed by atoms with Crippen LogP contribution in [0.2, 0.25) is 24.7 Å². The second-order valence-electron chi connectivity index (χ2n) is 6.95. The van der Waals surface area contributed by atoms with Gasteiger partial charge in [0.25, 0.3) is 0 Å². The molecule has 0 unspecified atom stereocenters. The van der Waals surface area contributed by atoms with Crippen LogP contribution in [-0.2, 0) is 4.79 Å². The number of halogens is 1. The van der Waals surface area contributed by atoms with E-state index < -0.39 is 8.07 Å². The first-order valence-electron chi connectivity index (χ1n) is 8.10. The van der Waals surface area contributed by atoms with Gasteiger partial charge in [0.1, 0.15) is 14.6 Å². The van der Waals surface area contributed by atoms with Crippen LogP contribution in [0.3, 0.4) is 0 Å². The zero-order valence-corrected chi connectivity index (χ0v) is 16.2. The van der Waals surface area contributed by atoms with Gasteiger partial charge in [-0.05, 0) is 24.3 Å². The van der Waals surface area contributed by atoms with Gasteiger partial charge in [-0.15, -0.1) is 5.54 Å². The van der Waals surface area contributed by atoms with Crippen molar-refractivity contribution >= 4 is 37.0 Å². The fourth-order valence-electron chi connectivity index (χ4n) is 2.50. The minimum atomic E-state index is -1.47. The highest BCUT2D eigenvalue weighted by atomic mass is 35.5. The molecule has 1 heterocycles. The Kier molecular flexibility index (Phi) is 4.80. The monoisotopic (exact) mass is 366 g/mol. The molecule has 1 aliphatic rings. The van der Waals surface area contributed by atoms with Crippen molar-refractivity contribution in [3.05, 3.63) is 64.2 Å². The Morgan fingerprint density at radius 3 is 2.60 bits per heavy atom. The average molecular weight is 367 g/mol. The number of fused-ring (bicyclic) bond motifs is 1. The van der Waals surface area contributed by atoms with Crippen molar-refractivity contribution in [2.75, 3.05) is 11.9 Å². The van der Waals surface area contributed by atoms with Crippen molar-refractivity contribution in [3.63, 3.8) is 0 Å². The molecule has 0 fully saturated rings. The Hall–Kier alpha value is -2.35. The number of rotatable bonds is 1. The quantitative estimate of drug-likeness (QED) is 0.591. The largest absolute Gasteiger partial charge is 0.324 e. The molecule has 2 aromatic rings. The second-order valence-corrected chi connectivity index (χ2v) is 12.1. The van der Waals surface area contributed by atoms with E-state index in [1.165, 1.54) is 0 Å². The number of hydrogen-bond donors (Lipinski definition) is 1. The fourth-order valence-corrected chi connectivity index (χ4v) is 3.24. The lowest BCUT2D eigenvalue weighted by atomic mass is 9.98. The van der Waals surface area contributed by atoms with Crippen LogP contribution in [-0.4, -0.2) is 26.2 Å². The minimum absolute atomic E-state index is 0.0746. The van der Waals surface area contributed by atoms with Gasteiger partial charge in [0, 0.05) is 21.7 Å². The maximum absolute atomic E-state index is 12.0. The normalized spacial score (nSPS) is 13.8. The number of hydrogen-bond acceptors (Lipinski definition) is 2. The zero-order valence-electron chi connectivity index (χ0n) is 14.5. The van der Waals surface area contributed by atoms with E-state index in [4.69, 9.17) is 11.6 Å². The first-order valence-corrected chi connectivity index (χ1v) is 12.0. The molecule has 0 saturated heterocycles. The molecule has 3 nitrogen and oxygen atoms in total. The van der Waals surface area contributed by atoms with E-state index in [0.717, 1.165) is 28.1 Å². The molecule has 0 atom stereocenters. The maximum Gasteiger partial charge on any atom is 0.246 e. The third-order valence-corrected chi connectivity index (χ3v) is 4.84. The molecule has 126 valence electrons. The Morgan fingerprint density at radius 1 is 1.12 bits per heavy atom. The molecule has 0 aromatic heterocycles. The molecule has 0 saturated carbocycles. The van der Waals surface area contributed by atoms with Crippen molar-refractivity contribution < 1.29 is 4.79 Å². The molecule has 0 spiro atoms. The maximum atomic E-state index is 12.0. The smallest absolute Gasteiger partial charge is 0.246 e. The molecule has 1 N–H and O–H groups in total. The van der Waals surface area contributed by atoms with E-state index in [1.807, 2.05) is 42.5 Å². The number of anilines is 1. The fraction of sp³-hybridized carbons (Fsp3) is 0.200. The predicted octanol–water partition coefficient (Wildman–Crippen LogP) is 4.36. The van der Waals surface area contributed by atoms with Crippen molar-refractivity contribution in [2.24, 2.45) is 4.99 Å². The summed E-state index contributed by atoms with van der Waals surface area (Å²) in [5.74, 6) is 3.13. The van der Waals surface area contributed by atoms with Crippen molar-refractivity contribution in [3.8, 4) is 11.5 Å². The van der Waals surface area contributed by atoms with E-state index >= 15 is 0 Å². The van der Waals surface area contributed by atoms with Crippen LogP contribution in [0, 0.1) is 11.5 Å². The first-order chi connectivity index (χ1) is 11.8. The summed E-state index contributed by atoms with van der Waals surface area (Å²) in [6.07, 6.45) is 0. The SMILES string of the molecule is C[Si](C)(C)C#Cc1ccc2c(c1)C(c1ccccc1Cl)=NCC(=O)N2. The summed E-state index contributed by atoms with van der Waals surface area (Å²) in [5.41, 5.74) is 7.40. The van der Waals surface area contributed by atoms with Crippen molar-refractivity contribution in [2.45, 2.75) is 19.6 Å². The van der Waals surface area contributed by atoms with Gasteiger partial charge in [-0.3, -0.25) is 9.79 Å². The van der Waals surface area contributed by atoms with Gasteiger partial charge in [0.2, 0.25) is 5.91 Å². The highest BCUT2D eigenvalue weighted by Crippen LogP contribution is 2.27. The molecular weight excluding hydrogens is 348 g/mol. The van der Waals surface area contributed by atoms with Crippen LogP contribution in [0.15, 0.2) is 47.5 Å². The van der Waals surface area contributed by atoms with Gasteiger partial charge >= 0.3 is 0 Å². The third kappa shape index (κ3) is 4.19. The van der Waals surface area contributed by atoms with Gasteiger partial charge in [-0.1, -0.05) is 55.4 Å². The van der Waals surface area contributed by atoms with Gasteiger partial charge in [0.05, 0.1) is 11.4 Å². The van der Waals surface area contributed by atoms with Gasteiger partial charge in [0.15, 0.2) is 0 Å². The molecule has 1 aliphatic heterocycles. The number of nitrogens with one attached hydrogen (secondary N) is 1. The third-order valence-electron chi connectivity index (χ3n) is 3.64.